The lowest BCUT2D eigenvalue weighted by molar-refractivity contribution is -0.144. The van der Waals surface area contributed by atoms with Gasteiger partial charge in [-0.3, -0.25) is 9.63 Å². The number of rotatable bonds is 3. The van der Waals surface area contributed by atoms with Gasteiger partial charge in [0, 0.05) is 6.04 Å². The van der Waals surface area contributed by atoms with Gasteiger partial charge < -0.3 is 5.11 Å². The predicted molar refractivity (Wildman–Crippen MR) is 57.4 cm³/mol. The molecule has 1 fully saturated rings. The maximum absolute atomic E-state index is 10.8. The molecule has 15 heavy (non-hydrogen) atoms. The number of carboxylic acids is 1. The zero-order valence-electron chi connectivity index (χ0n) is 9.75. The van der Waals surface area contributed by atoms with Crippen LogP contribution in [0.4, 0.5) is 0 Å². The van der Waals surface area contributed by atoms with Crippen LogP contribution in [0, 0.1) is 5.92 Å². The molecule has 0 radical (unpaired) electrons. The molecular weight excluding hydrogens is 194 g/mol. The molecule has 0 saturated heterocycles. The van der Waals surface area contributed by atoms with Crippen molar-refractivity contribution in [2.24, 2.45) is 5.92 Å². The SMILES string of the molecule is CC(C)(C)ONC1CCCC(C(=O)O)C1. The molecule has 2 N–H and O–H groups in total. The monoisotopic (exact) mass is 215 g/mol. The number of hydrogen-bond donors (Lipinski definition) is 2. The standard InChI is InChI=1S/C11H21NO3/c1-11(2,3)15-12-9-6-4-5-8(7-9)10(13)14/h8-9,12H,4-7H2,1-3H3,(H,13,14). The second kappa shape index (κ2) is 4.94. The number of nitrogens with one attached hydrogen (secondary N) is 1. The van der Waals surface area contributed by atoms with E-state index in [0.717, 1.165) is 19.3 Å². The Hall–Kier alpha value is -0.610. The minimum atomic E-state index is -0.683. The van der Waals surface area contributed by atoms with Gasteiger partial charge in [-0.05, 0) is 40.0 Å². The lowest BCUT2D eigenvalue weighted by Gasteiger charge is -2.30. The highest BCUT2D eigenvalue weighted by Crippen LogP contribution is 2.24. The van der Waals surface area contributed by atoms with Gasteiger partial charge in [0.25, 0.3) is 0 Å². The summed E-state index contributed by atoms with van der Waals surface area (Å²) in [5.74, 6) is -0.892. The summed E-state index contributed by atoms with van der Waals surface area (Å²) in [6.07, 6.45) is 3.43. The van der Waals surface area contributed by atoms with Crippen LogP contribution in [0.15, 0.2) is 0 Å². The summed E-state index contributed by atoms with van der Waals surface area (Å²) in [5.41, 5.74) is 2.76. The highest BCUT2D eigenvalue weighted by atomic mass is 16.7. The Labute approximate surface area is 91.0 Å². The Morgan fingerprint density at radius 3 is 2.60 bits per heavy atom. The zero-order valence-corrected chi connectivity index (χ0v) is 9.75. The number of hydrogen-bond acceptors (Lipinski definition) is 3. The van der Waals surface area contributed by atoms with Gasteiger partial charge in [0.2, 0.25) is 0 Å². The second-order valence-corrected chi connectivity index (χ2v) is 5.23. The summed E-state index contributed by atoms with van der Waals surface area (Å²) >= 11 is 0. The largest absolute Gasteiger partial charge is 0.481 e. The molecule has 0 spiro atoms. The van der Waals surface area contributed by atoms with Crippen LogP contribution in [-0.4, -0.2) is 22.7 Å². The normalized spacial score (nSPS) is 27.7. The third-order valence-electron chi connectivity index (χ3n) is 2.56. The van der Waals surface area contributed by atoms with Crippen molar-refractivity contribution in [1.29, 1.82) is 0 Å². The lowest BCUT2D eigenvalue weighted by atomic mass is 9.86. The Bertz CT molecular complexity index is 222. The fourth-order valence-corrected chi connectivity index (χ4v) is 1.78. The molecule has 0 aromatic carbocycles. The predicted octanol–water partition coefficient (Wildman–Crippen LogP) is 1.95. The summed E-state index contributed by atoms with van der Waals surface area (Å²) in [4.78, 5) is 16.3. The first-order chi connectivity index (χ1) is 6.88. The summed E-state index contributed by atoms with van der Waals surface area (Å²) in [6, 6.07) is 0.180. The van der Waals surface area contributed by atoms with Crippen molar-refractivity contribution in [1.82, 2.24) is 5.48 Å². The summed E-state index contributed by atoms with van der Waals surface area (Å²) in [7, 11) is 0. The summed E-state index contributed by atoms with van der Waals surface area (Å²) < 4.78 is 0. The van der Waals surface area contributed by atoms with E-state index in [0.29, 0.717) is 6.42 Å². The van der Waals surface area contributed by atoms with E-state index in [1.165, 1.54) is 0 Å². The molecule has 1 saturated carbocycles. The van der Waals surface area contributed by atoms with Crippen LogP contribution in [0.25, 0.3) is 0 Å². The second-order valence-electron chi connectivity index (χ2n) is 5.23. The molecule has 2 atom stereocenters. The van der Waals surface area contributed by atoms with Crippen molar-refractivity contribution in [3.05, 3.63) is 0 Å². The van der Waals surface area contributed by atoms with Crippen LogP contribution >= 0.6 is 0 Å². The molecule has 1 aliphatic rings. The van der Waals surface area contributed by atoms with E-state index in [4.69, 9.17) is 9.94 Å². The van der Waals surface area contributed by atoms with Crippen molar-refractivity contribution < 1.29 is 14.7 Å². The number of carboxylic acid groups (broad SMARTS) is 1. The van der Waals surface area contributed by atoms with E-state index in [9.17, 15) is 4.79 Å². The van der Waals surface area contributed by atoms with E-state index in [2.05, 4.69) is 5.48 Å². The van der Waals surface area contributed by atoms with E-state index in [-0.39, 0.29) is 17.6 Å². The smallest absolute Gasteiger partial charge is 0.306 e. The van der Waals surface area contributed by atoms with Gasteiger partial charge in [-0.25, -0.2) is 0 Å². The van der Waals surface area contributed by atoms with Crippen molar-refractivity contribution >= 4 is 5.97 Å². The average molecular weight is 215 g/mol. The van der Waals surface area contributed by atoms with Gasteiger partial charge in [0.05, 0.1) is 11.5 Å². The van der Waals surface area contributed by atoms with Crippen molar-refractivity contribution in [2.45, 2.75) is 58.1 Å². The molecule has 4 heteroatoms. The molecule has 1 aliphatic carbocycles. The third-order valence-corrected chi connectivity index (χ3v) is 2.56. The van der Waals surface area contributed by atoms with Crippen LogP contribution in [0.3, 0.4) is 0 Å². The quantitative estimate of drug-likeness (QED) is 0.706. The molecule has 0 bridgehead atoms. The first-order valence-electron chi connectivity index (χ1n) is 5.55. The maximum atomic E-state index is 10.8. The molecule has 4 nitrogen and oxygen atoms in total. The molecular formula is C11H21NO3. The number of carbonyl (C=O) groups is 1. The molecule has 1 rings (SSSR count). The van der Waals surface area contributed by atoms with E-state index in [1.807, 2.05) is 20.8 Å². The van der Waals surface area contributed by atoms with E-state index in [1.54, 1.807) is 0 Å². The van der Waals surface area contributed by atoms with Crippen LogP contribution < -0.4 is 5.48 Å². The Morgan fingerprint density at radius 2 is 2.07 bits per heavy atom. The van der Waals surface area contributed by atoms with Gasteiger partial charge in [-0.15, -0.1) is 0 Å². The molecule has 0 heterocycles. The van der Waals surface area contributed by atoms with E-state index >= 15 is 0 Å². The first kappa shape index (κ1) is 12.5. The fourth-order valence-electron chi connectivity index (χ4n) is 1.78. The van der Waals surface area contributed by atoms with Crippen molar-refractivity contribution in [2.75, 3.05) is 0 Å². The molecule has 0 aromatic rings. The lowest BCUT2D eigenvalue weighted by Crippen LogP contribution is -2.40. The van der Waals surface area contributed by atoms with Crippen LogP contribution in [0.5, 0.6) is 0 Å². The zero-order chi connectivity index (χ0) is 11.5. The minimum Gasteiger partial charge on any atom is -0.481 e. The average Bonchev–Trinajstić information content (AvgIpc) is 2.14. The maximum Gasteiger partial charge on any atom is 0.306 e. The summed E-state index contributed by atoms with van der Waals surface area (Å²) in [6.45, 7) is 5.91. The molecule has 0 aromatic heterocycles. The number of hydroxylamine groups is 1. The molecule has 2 unspecified atom stereocenters. The van der Waals surface area contributed by atoms with Gasteiger partial charge in [-0.2, -0.15) is 5.48 Å². The fraction of sp³-hybridized carbons (Fsp3) is 0.909. The first-order valence-corrected chi connectivity index (χ1v) is 5.55. The van der Waals surface area contributed by atoms with Crippen molar-refractivity contribution in [3.8, 4) is 0 Å². The Kier molecular flexibility index (Phi) is 4.11. The Balaban J connectivity index is 2.34. The van der Waals surface area contributed by atoms with Gasteiger partial charge in [0.15, 0.2) is 0 Å². The van der Waals surface area contributed by atoms with Gasteiger partial charge >= 0.3 is 5.97 Å². The van der Waals surface area contributed by atoms with Gasteiger partial charge in [0.1, 0.15) is 0 Å². The topological polar surface area (TPSA) is 58.6 Å². The van der Waals surface area contributed by atoms with Gasteiger partial charge in [-0.1, -0.05) is 6.42 Å². The minimum absolute atomic E-state index is 0.180. The molecule has 88 valence electrons. The Morgan fingerprint density at radius 1 is 1.40 bits per heavy atom. The third kappa shape index (κ3) is 4.62. The van der Waals surface area contributed by atoms with Crippen LogP contribution in [-0.2, 0) is 9.63 Å². The van der Waals surface area contributed by atoms with Crippen LogP contribution in [0.2, 0.25) is 0 Å². The summed E-state index contributed by atoms with van der Waals surface area (Å²) in [5, 5.41) is 8.92. The highest BCUT2D eigenvalue weighted by Gasteiger charge is 2.27. The molecule has 0 amide bonds. The van der Waals surface area contributed by atoms with Crippen molar-refractivity contribution in [3.63, 3.8) is 0 Å². The van der Waals surface area contributed by atoms with Crippen LogP contribution in [0.1, 0.15) is 46.5 Å². The number of aliphatic carboxylic acids is 1. The van der Waals surface area contributed by atoms with E-state index < -0.39 is 5.97 Å². The molecule has 0 aliphatic heterocycles. The highest BCUT2D eigenvalue weighted by molar-refractivity contribution is 5.70.